The van der Waals surface area contributed by atoms with E-state index >= 15 is 0 Å². The first-order valence-electron chi connectivity index (χ1n) is 8.22. The van der Waals surface area contributed by atoms with Crippen LogP contribution in [0.25, 0.3) is 0 Å². The molecular weight excluding hydrogens is 320 g/mol. The minimum absolute atomic E-state index is 0.318. The average Bonchev–Trinajstić information content (AvgIpc) is 3.31. The summed E-state index contributed by atoms with van der Waals surface area (Å²) in [5.41, 5.74) is 3.11. The van der Waals surface area contributed by atoms with Crippen molar-refractivity contribution >= 4 is 22.2 Å². The van der Waals surface area contributed by atoms with Crippen LogP contribution in [0.15, 0.2) is 46.3 Å². The third-order valence-corrected chi connectivity index (χ3v) is 5.09. The number of hydrogen-bond donors (Lipinski definition) is 1. The number of para-hydroxylation sites is 1. The molecule has 1 fully saturated rings. The number of likely N-dealkylation sites (tertiary alicyclic amines) is 1. The molecule has 2 aromatic heterocycles. The molecule has 0 amide bonds. The van der Waals surface area contributed by atoms with Gasteiger partial charge in [0.05, 0.1) is 17.4 Å². The molecule has 5 nitrogen and oxygen atoms in total. The van der Waals surface area contributed by atoms with E-state index < -0.39 is 0 Å². The molecule has 124 valence electrons. The minimum Gasteiger partial charge on any atom is -0.359 e. The van der Waals surface area contributed by atoms with Crippen molar-refractivity contribution in [3.05, 3.63) is 58.9 Å². The van der Waals surface area contributed by atoms with Gasteiger partial charge in [-0.25, -0.2) is 4.98 Å². The van der Waals surface area contributed by atoms with Crippen LogP contribution in [0.5, 0.6) is 0 Å². The van der Waals surface area contributed by atoms with Crippen LogP contribution in [-0.2, 0) is 6.54 Å². The smallest absolute Gasteiger partial charge is 0.187 e. The van der Waals surface area contributed by atoms with Gasteiger partial charge in [0.2, 0.25) is 0 Å². The standard InChI is InChI=1S/C18H20N4OS/c1-13-10-17(23-21-13)16-8-5-9-22(16)11-15-12-24-18(20-15)19-14-6-3-2-4-7-14/h2-4,6-7,10,12,16H,5,8-9,11H2,1H3,(H,19,20). The zero-order valence-corrected chi connectivity index (χ0v) is 14.4. The lowest BCUT2D eigenvalue weighted by molar-refractivity contribution is 0.205. The molecule has 3 aromatic rings. The zero-order valence-electron chi connectivity index (χ0n) is 13.6. The highest BCUT2D eigenvalue weighted by atomic mass is 32.1. The zero-order chi connectivity index (χ0) is 16.4. The fourth-order valence-corrected chi connectivity index (χ4v) is 3.89. The SMILES string of the molecule is Cc1cc(C2CCCN2Cc2csc(Nc3ccccc3)n2)on1. The maximum atomic E-state index is 5.48. The Morgan fingerprint density at radius 3 is 3.00 bits per heavy atom. The Bertz CT molecular complexity index is 798. The molecule has 0 bridgehead atoms. The predicted octanol–water partition coefficient (Wildman–Crippen LogP) is 4.52. The molecular formula is C18H20N4OS. The molecule has 1 aliphatic rings. The number of nitrogens with one attached hydrogen (secondary N) is 1. The fraction of sp³-hybridized carbons (Fsp3) is 0.333. The van der Waals surface area contributed by atoms with E-state index in [0.29, 0.717) is 6.04 Å². The molecule has 24 heavy (non-hydrogen) atoms. The maximum absolute atomic E-state index is 5.48. The molecule has 1 aromatic carbocycles. The summed E-state index contributed by atoms with van der Waals surface area (Å²) in [5, 5.41) is 10.4. The molecule has 1 atom stereocenters. The van der Waals surface area contributed by atoms with Crippen molar-refractivity contribution in [2.75, 3.05) is 11.9 Å². The van der Waals surface area contributed by atoms with E-state index in [9.17, 15) is 0 Å². The molecule has 4 rings (SSSR count). The van der Waals surface area contributed by atoms with Gasteiger partial charge in [0.15, 0.2) is 10.9 Å². The molecule has 1 unspecified atom stereocenters. The van der Waals surface area contributed by atoms with Gasteiger partial charge < -0.3 is 9.84 Å². The van der Waals surface area contributed by atoms with E-state index in [1.807, 2.05) is 43.3 Å². The van der Waals surface area contributed by atoms with Gasteiger partial charge in [-0.3, -0.25) is 4.90 Å². The second-order valence-corrected chi connectivity index (χ2v) is 6.99. The number of hydrogen-bond acceptors (Lipinski definition) is 6. The summed E-state index contributed by atoms with van der Waals surface area (Å²) in [5.74, 6) is 0.975. The van der Waals surface area contributed by atoms with Crippen LogP contribution < -0.4 is 5.32 Å². The first-order chi connectivity index (χ1) is 11.8. The van der Waals surface area contributed by atoms with Crippen LogP contribution in [0.1, 0.15) is 36.0 Å². The van der Waals surface area contributed by atoms with Crippen LogP contribution in [-0.4, -0.2) is 21.6 Å². The van der Waals surface area contributed by atoms with E-state index in [4.69, 9.17) is 9.51 Å². The van der Waals surface area contributed by atoms with Crippen LogP contribution in [0, 0.1) is 6.92 Å². The Morgan fingerprint density at radius 1 is 1.33 bits per heavy atom. The number of anilines is 2. The number of aromatic nitrogens is 2. The Morgan fingerprint density at radius 2 is 2.21 bits per heavy atom. The second kappa shape index (κ2) is 6.75. The maximum Gasteiger partial charge on any atom is 0.187 e. The molecule has 6 heteroatoms. The number of nitrogens with zero attached hydrogens (tertiary/aromatic N) is 3. The Kier molecular flexibility index (Phi) is 4.32. The van der Waals surface area contributed by atoms with Crippen LogP contribution in [0.4, 0.5) is 10.8 Å². The second-order valence-electron chi connectivity index (χ2n) is 6.13. The summed E-state index contributed by atoms with van der Waals surface area (Å²) in [7, 11) is 0. The molecule has 1 N–H and O–H groups in total. The highest BCUT2D eigenvalue weighted by Gasteiger charge is 2.29. The van der Waals surface area contributed by atoms with Gasteiger partial charge in [0.1, 0.15) is 0 Å². The first-order valence-corrected chi connectivity index (χ1v) is 9.09. The highest BCUT2D eigenvalue weighted by Crippen LogP contribution is 2.34. The van der Waals surface area contributed by atoms with Gasteiger partial charge in [0.25, 0.3) is 0 Å². The molecule has 0 spiro atoms. The average molecular weight is 340 g/mol. The Labute approximate surface area is 145 Å². The van der Waals surface area contributed by atoms with Gasteiger partial charge in [-0.1, -0.05) is 23.4 Å². The van der Waals surface area contributed by atoms with E-state index in [1.54, 1.807) is 11.3 Å². The number of thiazole rings is 1. The van der Waals surface area contributed by atoms with Crippen molar-refractivity contribution in [2.24, 2.45) is 0 Å². The Hall–Kier alpha value is -2.18. The molecule has 0 aliphatic carbocycles. The van der Waals surface area contributed by atoms with Crippen LogP contribution >= 0.6 is 11.3 Å². The summed E-state index contributed by atoms with van der Waals surface area (Å²) < 4.78 is 5.48. The van der Waals surface area contributed by atoms with Gasteiger partial charge in [0, 0.05) is 23.7 Å². The lowest BCUT2D eigenvalue weighted by Crippen LogP contribution is -2.22. The fourth-order valence-electron chi connectivity index (χ4n) is 3.17. The largest absolute Gasteiger partial charge is 0.359 e. The van der Waals surface area contributed by atoms with Crippen molar-refractivity contribution in [3.63, 3.8) is 0 Å². The minimum atomic E-state index is 0.318. The first kappa shape index (κ1) is 15.4. The molecule has 0 radical (unpaired) electrons. The highest BCUT2D eigenvalue weighted by molar-refractivity contribution is 7.13. The summed E-state index contributed by atoms with van der Waals surface area (Å²) in [6.45, 7) is 3.88. The van der Waals surface area contributed by atoms with Crippen LogP contribution in [0.3, 0.4) is 0 Å². The van der Waals surface area contributed by atoms with Gasteiger partial charge in [-0.05, 0) is 38.4 Å². The van der Waals surface area contributed by atoms with E-state index in [1.165, 1.54) is 6.42 Å². The topological polar surface area (TPSA) is 54.2 Å². The van der Waals surface area contributed by atoms with Crippen molar-refractivity contribution in [3.8, 4) is 0 Å². The molecule has 0 saturated carbocycles. The monoisotopic (exact) mass is 340 g/mol. The van der Waals surface area contributed by atoms with Gasteiger partial charge in [-0.15, -0.1) is 11.3 Å². The third-order valence-electron chi connectivity index (χ3n) is 4.28. The van der Waals surface area contributed by atoms with Gasteiger partial charge >= 0.3 is 0 Å². The summed E-state index contributed by atoms with van der Waals surface area (Å²) in [6.07, 6.45) is 2.30. The summed E-state index contributed by atoms with van der Waals surface area (Å²) in [4.78, 5) is 7.15. The number of rotatable bonds is 5. The predicted molar refractivity (Wildman–Crippen MR) is 95.5 cm³/mol. The van der Waals surface area contributed by atoms with Crippen molar-refractivity contribution < 1.29 is 4.52 Å². The lowest BCUT2D eigenvalue weighted by atomic mass is 10.1. The van der Waals surface area contributed by atoms with Crippen molar-refractivity contribution in [1.82, 2.24) is 15.0 Å². The quantitative estimate of drug-likeness (QED) is 0.740. The third kappa shape index (κ3) is 3.34. The van der Waals surface area contributed by atoms with E-state index in [0.717, 1.165) is 47.5 Å². The normalized spacial score (nSPS) is 18.1. The number of aryl methyl sites for hydroxylation is 1. The van der Waals surface area contributed by atoms with Crippen molar-refractivity contribution in [2.45, 2.75) is 32.4 Å². The Balaban J connectivity index is 1.43. The van der Waals surface area contributed by atoms with E-state index in [2.05, 4.69) is 20.8 Å². The molecule has 3 heterocycles. The van der Waals surface area contributed by atoms with Crippen molar-refractivity contribution in [1.29, 1.82) is 0 Å². The lowest BCUT2D eigenvalue weighted by Gasteiger charge is -2.21. The summed E-state index contributed by atoms with van der Waals surface area (Å²) in [6, 6.07) is 12.5. The number of benzene rings is 1. The van der Waals surface area contributed by atoms with E-state index in [-0.39, 0.29) is 0 Å². The molecule has 1 aliphatic heterocycles. The van der Waals surface area contributed by atoms with Gasteiger partial charge in [-0.2, -0.15) is 0 Å². The molecule has 1 saturated heterocycles. The van der Waals surface area contributed by atoms with Crippen LogP contribution in [0.2, 0.25) is 0 Å². The summed E-state index contributed by atoms with van der Waals surface area (Å²) >= 11 is 1.64.